The van der Waals surface area contributed by atoms with Gasteiger partial charge in [-0.15, -0.1) is 11.3 Å². The summed E-state index contributed by atoms with van der Waals surface area (Å²) in [5.74, 6) is 0.718. The average Bonchev–Trinajstić information content (AvgIpc) is 2.91. The van der Waals surface area contributed by atoms with Crippen LogP contribution >= 0.6 is 11.3 Å². The van der Waals surface area contributed by atoms with E-state index in [0.717, 1.165) is 43.6 Å². The van der Waals surface area contributed by atoms with Gasteiger partial charge in [-0.3, -0.25) is 14.2 Å². The molecule has 0 atom stereocenters. The van der Waals surface area contributed by atoms with Gasteiger partial charge in [0.05, 0.1) is 16.4 Å². The summed E-state index contributed by atoms with van der Waals surface area (Å²) in [5, 5.41) is 3.52. The van der Waals surface area contributed by atoms with Gasteiger partial charge in [-0.1, -0.05) is 0 Å². The van der Waals surface area contributed by atoms with E-state index in [9.17, 15) is 9.59 Å². The van der Waals surface area contributed by atoms with E-state index >= 15 is 0 Å². The van der Waals surface area contributed by atoms with Crippen molar-refractivity contribution >= 4 is 27.5 Å². The van der Waals surface area contributed by atoms with E-state index in [4.69, 9.17) is 4.74 Å². The zero-order valence-electron chi connectivity index (χ0n) is 15.1. The van der Waals surface area contributed by atoms with Gasteiger partial charge in [-0.25, -0.2) is 4.98 Å². The molecule has 2 aromatic heterocycles. The Morgan fingerprint density at radius 1 is 1.40 bits per heavy atom. The second kappa shape index (κ2) is 7.66. The van der Waals surface area contributed by atoms with Gasteiger partial charge in [0.2, 0.25) is 0 Å². The molecule has 1 aliphatic rings. The third-order valence-corrected chi connectivity index (χ3v) is 5.61. The molecule has 0 saturated heterocycles. The van der Waals surface area contributed by atoms with Gasteiger partial charge in [0, 0.05) is 26.1 Å². The Morgan fingerprint density at radius 2 is 2.20 bits per heavy atom. The predicted octanol–water partition coefficient (Wildman–Crippen LogP) is 2.65. The lowest BCUT2D eigenvalue weighted by atomic mass is 10.1. The Balaban J connectivity index is 1.78. The summed E-state index contributed by atoms with van der Waals surface area (Å²) < 4.78 is 7.25. The Morgan fingerprint density at radius 3 is 2.96 bits per heavy atom. The summed E-state index contributed by atoms with van der Waals surface area (Å²) in [5.41, 5.74) is 0.743. The number of fused-ring (bicyclic) bond motifs is 2. The van der Waals surface area contributed by atoms with Crippen molar-refractivity contribution in [1.29, 1.82) is 0 Å². The molecule has 0 aromatic carbocycles. The van der Waals surface area contributed by atoms with Gasteiger partial charge >= 0.3 is 0 Å². The number of aryl methyl sites for hydroxylation is 2. The molecule has 136 valence electrons. The van der Waals surface area contributed by atoms with E-state index in [-0.39, 0.29) is 17.6 Å². The van der Waals surface area contributed by atoms with Gasteiger partial charge in [0.25, 0.3) is 11.5 Å². The average molecular weight is 363 g/mol. The second-order valence-corrected chi connectivity index (χ2v) is 7.71. The van der Waals surface area contributed by atoms with Crippen LogP contribution in [0.2, 0.25) is 0 Å². The molecule has 7 heteroatoms. The minimum atomic E-state index is -0.132. The molecular formula is C18H25N3O3S. The van der Waals surface area contributed by atoms with Gasteiger partial charge in [0.1, 0.15) is 10.7 Å². The van der Waals surface area contributed by atoms with Crippen molar-refractivity contribution in [3.63, 3.8) is 0 Å². The molecule has 0 fully saturated rings. The van der Waals surface area contributed by atoms with Crippen molar-refractivity contribution in [1.82, 2.24) is 14.9 Å². The first kappa shape index (κ1) is 18.1. The highest BCUT2D eigenvalue weighted by molar-refractivity contribution is 7.20. The summed E-state index contributed by atoms with van der Waals surface area (Å²) in [4.78, 5) is 31.2. The van der Waals surface area contributed by atoms with E-state index in [1.165, 1.54) is 11.3 Å². The van der Waals surface area contributed by atoms with E-state index < -0.39 is 0 Å². The normalized spacial score (nSPS) is 14.1. The maximum atomic E-state index is 12.8. The van der Waals surface area contributed by atoms with E-state index in [1.807, 2.05) is 20.8 Å². The fourth-order valence-corrected chi connectivity index (χ4v) is 4.23. The third kappa shape index (κ3) is 3.77. The van der Waals surface area contributed by atoms with Crippen molar-refractivity contribution in [3.8, 4) is 0 Å². The number of hydrogen-bond acceptors (Lipinski definition) is 5. The van der Waals surface area contributed by atoms with Crippen LogP contribution in [-0.2, 0) is 17.7 Å². The number of carbonyl (C=O) groups excluding carboxylic acids is 1. The quantitative estimate of drug-likeness (QED) is 0.801. The number of aromatic nitrogens is 2. The molecule has 1 amide bonds. The highest BCUT2D eigenvalue weighted by Gasteiger charge is 2.22. The standard InChI is InChI=1S/C18H25N3O3S/c1-11(2)24-10-6-8-19-16(22)15-12(3)14-17(25-15)20-13-7-4-5-9-21(13)18(14)23/h11H,4-10H2,1-3H3,(H,19,22). The molecule has 3 rings (SSSR count). The molecule has 0 aliphatic carbocycles. The number of nitrogens with zero attached hydrogens (tertiary/aromatic N) is 2. The highest BCUT2D eigenvalue weighted by atomic mass is 32.1. The zero-order valence-corrected chi connectivity index (χ0v) is 15.9. The predicted molar refractivity (Wildman–Crippen MR) is 99.6 cm³/mol. The van der Waals surface area contributed by atoms with Crippen LogP contribution in [0.25, 0.3) is 10.2 Å². The Labute approximate surface area is 151 Å². The molecule has 0 unspecified atom stereocenters. The highest BCUT2D eigenvalue weighted by Crippen LogP contribution is 2.28. The summed E-state index contributed by atoms with van der Waals surface area (Å²) in [6, 6.07) is 0. The van der Waals surface area contributed by atoms with Crippen LogP contribution in [-0.4, -0.2) is 34.7 Å². The zero-order chi connectivity index (χ0) is 18.0. The van der Waals surface area contributed by atoms with Crippen LogP contribution in [0.1, 0.15) is 54.2 Å². The van der Waals surface area contributed by atoms with Gasteiger partial charge in [-0.2, -0.15) is 0 Å². The third-order valence-electron chi connectivity index (χ3n) is 4.43. The van der Waals surface area contributed by atoms with E-state index in [0.29, 0.717) is 28.2 Å². The minimum Gasteiger partial charge on any atom is -0.379 e. The van der Waals surface area contributed by atoms with Crippen LogP contribution in [0.3, 0.4) is 0 Å². The fourth-order valence-electron chi connectivity index (χ4n) is 3.12. The van der Waals surface area contributed by atoms with Crippen molar-refractivity contribution in [2.75, 3.05) is 13.2 Å². The largest absolute Gasteiger partial charge is 0.379 e. The number of ether oxygens (including phenoxy) is 1. The van der Waals surface area contributed by atoms with E-state index in [1.54, 1.807) is 4.57 Å². The van der Waals surface area contributed by atoms with Crippen LogP contribution in [0, 0.1) is 6.92 Å². The summed E-state index contributed by atoms with van der Waals surface area (Å²) in [7, 11) is 0. The monoisotopic (exact) mass is 363 g/mol. The SMILES string of the molecule is Cc1c(C(=O)NCCCOC(C)C)sc2nc3n(c(=O)c12)CCCC3. The lowest BCUT2D eigenvalue weighted by Gasteiger charge is -2.16. The molecule has 1 aliphatic heterocycles. The fraction of sp³-hybridized carbons (Fsp3) is 0.611. The van der Waals surface area contributed by atoms with Crippen LogP contribution in [0.5, 0.6) is 0 Å². The first-order valence-electron chi connectivity index (χ1n) is 8.91. The van der Waals surface area contributed by atoms with Gasteiger partial charge in [0.15, 0.2) is 0 Å². The van der Waals surface area contributed by atoms with Crippen molar-refractivity contribution in [2.24, 2.45) is 0 Å². The van der Waals surface area contributed by atoms with Gasteiger partial charge < -0.3 is 10.1 Å². The van der Waals surface area contributed by atoms with Crippen molar-refractivity contribution in [2.45, 2.75) is 59.1 Å². The molecular weight excluding hydrogens is 338 g/mol. The van der Waals surface area contributed by atoms with Crippen molar-refractivity contribution in [3.05, 3.63) is 26.6 Å². The van der Waals surface area contributed by atoms with Crippen LogP contribution in [0.15, 0.2) is 4.79 Å². The molecule has 2 aromatic rings. The molecule has 6 nitrogen and oxygen atoms in total. The van der Waals surface area contributed by atoms with Crippen LogP contribution in [0.4, 0.5) is 0 Å². The molecule has 3 heterocycles. The molecule has 0 bridgehead atoms. The summed E-state index contributed by atoms with van der Waals surface area (Å²) in [6.07, 6.45) is 3.87. The van der Waals surface area contributed by atoms with Crippen LogP contribution < -0.4 is 10.9 Å². The Kier molecular flexibility index (Phi) is 5.54. The van der Waals surface area contributed by atoms with E-state index in [2.05, 4.69) is 10.3 Å². The maximum absolute atomic E-state index is 12.8. The Hall–Kier alpha value is -1.73. The van der Waals surface area contributed by atoms with Gasteiger partial charge in [-0.05, 0) is 45.6 Å². The first-order chi connectivity index (χ1) is 12.0. The number of amides is 1. The van der Waals surface area contributed by atoms with Crippen molar-refractivity contribution < 1.29 is 9.53 Å². The number of rotatable bonds is 6. The second-order valence-electron chi connectivity index (χ2n) is 6.71. The Bertz CT molecular complexity index is 838. The molecule has 25 heavy (non-hydrogen) atoms. The number of hydrogen-bond donors (Lipinski definition) is 1. The minimum absolute atomic E-state index is 0.00201. The lowest BCUT2D eigenvalue weighted by molar-refractivity contribution is 0.0757. The maximum Gasteiger partial charge on any atom is 0.262 e. The molecule has 0 radical (unpaired) electrons. The topological polar surface area (TPSA) is 73.2 Å². The first-order valence-corrected chi connectivity index (χ1v) is 9.73. The smallest absolute Gasteiger partial charge is 0.262 e. The summed E-state index contributed by atoms with van der Waals surface area (Å²) in [6.45, 7) is 7.73. The summed E-state index contributed by atoms with van der Waals surface area (Å²) >= 11 is 1.32. The number of thiophene rings is 1. The molecule has 1 N–H and O–H groups in total. The molecule has 0 spiro atoms. The number of nitrogens with one attached hydrogen (secondary N) is 1. The lowest BCUT2D eigenvalue weighted by Crippen LogP contribution is -2.28. The molecule has 0 saturated carbocycles. The number of carbonyl (C=O) groups is 1.